The van der Waals surface area contributed by atoms with Crippen LogP contribution in [0.25, 0.3) is 11.3 Å². The van der Waals surface area contributed by atoms with E-state index in [0.717, 1.165) is 43.9 Å². The van der Waals surface area contributed by atoms with Gasteiger partial charge in [0.25, 0.3) is 0 Å². The van der Waals surface area contributed by atoms with Crippen LogP contribution in [0, 0.1) is 12.3 Å². The number of aryl methyl sites for hydroxylation is 1. The summed E-state index contributed by atoms with van der Waals surface area (Å²) in [4.78, 5) is 20.2. The van der Waals surface area contributed by atoms with Gasteiger partial charge >= 0.3 is 6.01 Å². The zero-order valence-corrected chi connectivity index (χ0v) is 17.9. The first-order chi connectivity index (χ1) is 14.5. The number of hydrogen-bond donors (Lipinski definition) is 2. The molecule has 0 bridgehead atoms. The van der Waals surface area contributed by atoms with Crippen molar-refractivity contribution in [3.63, 3.8) is 0 Å². The summed E-state index contributed by atoms with van der Waals surface area (Å²) >= 11 is 0. The fourth-order valence-electron chi connectivity index (χ4n) is 4.87. The van der Waals surface area contributed by atoms with Crippen molar-refractivity contribution in [1.82, 2.24) is 19.9 Å². The number of nitrogens with zero attached hydrogens (tertiary/aromatic N) is 5. The SMILES string of the molecule is COc1ncc(-c2nc(CO)c(N3CCC4(CCC[C@H]4N)CC3)nc2C)c(OC)n1. The lowest BCUT2D eigenvalue weighted by Crippen LogP contribution is -2.47. The molecule has 2 aliphatic rings. The van der Waals surface area contributed by atoms with Crippen LogP contribution in [0.3, 0.4) is 0 Å². The second-order valence-corrected chi connectivity index (χ2v) is 8.21. The van der Waals surface area contributed by atoms with E-state index in [-0.39, 0.29) is 18.0 Å². The van der Waals surface area contributed by atoms with Crippen molar-refractivity contribution in [2.24, 2.45) is 11.1 Å². The third-order valence-electron chi connectivity index (χ3n) is 6.67. The minimum Gasteiger partial charge on any atom is -0.480 e. The Bertz CT molecular complexity index is 914. The molecule has 3 N–H and O–H groups in total. The Kier molecular flexibility index (Phi) is 5.75. The molecule has 9 nitrogen and oxygen atoms in total. The standard InChI is InChI=1S/C21H30N6O3/c1-13-17(14-11-23-20(30-3)26-19(14)29-2)25-15(12-28)18(24-13)27-9-7-21(8-10-27)6-4-5-16(21)22/h11,16,28H,4-10,12,22H2,1-3H3/t16-/m1/s1. The lowest BCUT2D eigenvalue weighted by molar-refractivity contribution is 0.196. The van der Waals surface area contributed by atoms with Crippen LogP contribution < -0.4 is 20.1 Å². The number of ether oxygens (including phenoxy) is 2. The van der Waals surface area contributed by atoms with Crippen LogP contribution in [-0.4, -0.2) is 58.4 Å². The second-order valence-electron chi connectivity index (χ2n) is 8.21. The number of anilines is 1. The molecule has 1 atom stereocenters. The maximum absolute atomic E-state index is 10.0. The summed E-state index contributed by atoms with van der Waals surface area (Å²) in [6.07, 6.45) is 7.29. The zero-order chi connectivity index (χ0) is 21.3. The summed E-state index contributed by atoms with van der Waals surface area (Å²) in [5.74, 6) is 1.10. The lowest BCUT2D eigenvalue weighted by atomic mass is 9.74. The molecule has 2 aromatic heterocycles. The lowest BCUT2D eigenvalue weighted by Gasteiger charge is -2.42. The van der Waals surface area contributed by atoms with Gasteiger partial charge in [-0.2, -0.15) is 4.98 Å². The van der Waals surface area contributed by atoms with Gasteiger partial charge in [-0.3, -0.25) is 0 Å². The molecule has 1 aliphatic carbocycles. The molecular weight excluding hydrogens is 384 g/mol. The Morgan fingerprint density at radius 1 is 1.17 bits per heavy atom. The Balaban J connectivity index is 1.64. The third-order valence-corrected chi connectivity index (χ3v) is 6.67. The van der Waals surface area contributed by atoms with Crippen LogP contribution in [-0.2, 0) is 6.61 Å². The van der Waals surface area contributed by atoms with E-state index in [1.165, 1.54) is 27.1 Å². The number of rotatable bonds is 5. The molecule has 2 fully saturated rings. The number of aromatic nitrogens is 4. The van der Waals surface area contributed by atoms with Crippen molar-refractivity contribution in [2.45, 2.75) is 51.7 Å². The van der Waals surface area contributed by atoms with Crippen molar-refractivity contribution in [2.75, 3.05) is 32.2 Å². The average Bonchev–Trinajstić information content (AvgIpc) is 3.13. The summed E-state index contributed by atoms with van der Waals surface area (Å²) in [7, 11) is 3.03. The zero-order valence-electron chi connectivity index (χ0n) is 17.9. The van der Waals surface area contributed by atoms with Crippen LogP contribution in [0.1, 0.15) is 43.5 Å². The molecular formula is C21H30N6O3. The van der Waals surface area contributed by atoms with E-state index in [1.54, 1.807) is 6.20 Å². The highest BCUT2D eigenvalue weighted by atomic mass is 16.5. The van der Waals surface area contributed by atoms with Gasteiger partial charge in [-0.05, 0) is 38.0 Å². The first-order valence-corrected chi connectivity index (χ1v) is 10.5. The van der Waals surface area contributed by atoms with Crippen LogP contribution in [0.5, 0.6) is 11.9 Å². The van der Waals surface area contributed by atoms with Crippen molar-refractivity contribution < 1.29 is 14.6 Å². The number of nitrogens with two attached hydrogens (primary N) is 1. The Hall–Kier alpha value is -2.52. The van der Waals surface area contributed by atoms with Crippen LogP contribution in [0.4, 0.5) is 5.82 Å². The van der Waals surface area contributed by atoms with E-state index in [4.69, 9.17) is 25.2 Å². The van der Waals surface area contributed by atoms with E-state index >= 15 is 0 Å². The van der Waals surface area contributed by atoms with E-state index < -0.39 is 0 Å². The third kappa shape index (κ3) is 3.56. The van der Waals surface area contributed by atoms with Gasteiger partial charge in [0, 0.05) is 25.3 Å². The fourth-order valence-corrected chi connectivity index (χ4v) is 4.87. The summed E-state index contributed by atoms with van der Waals surface area (Å²) < 4.78 is 10.5. The van der Waals surface area contributed by atoms with E-state index in [0.29, 0.717) is 28.9 Å². The summed E-state index contributed by atoms with van der Waals surface area (Å²) in [6.45, 7) is 3.46. The summed E-state index contributed by atoms with van der Waals surface area (Å²) in [6, 6.07) is 0.516. The van der Waals surface area contributed by atoms with Gasteiger partial charge < -0.3 is 25.2 Å². The number of piperidine rings is 1. The Morgan fingerprint density at radius 2 is 1.93 bits per heavy atom. The van der Waals surface area contributed by atoms with Crippen LogP contribution in [0.2, 0.25) is 0 Å². The minimum absolute atomic E-state index is 0.198. The Morgan fingerprint density at radius 3 is 2.53 bits per heavy atom. The summed E-state index contributed by atoms with van der Waals surface area (Å²) in [5, 5.41) is 10.0. The maximum Gasteiger partial charge on any atom is 0.319 e. The normalized spacial score (nSPS) is 20.6. The van der Waals surface area contributed by atoms with Gasteiger partial charge in [0.2, 0.25) is 5.88 Å². The van der Waals surface area contributed by atoms with Crippen LogP contribution in [0.15, 0.2) is 6.20 Å². The predicted molar refractivity (Wildman–Crippen MR) is 113 cm³/mol. The maximum atomic E-state index is 10.0. The van der Waals surface area contributed by atoms with E-state index in [2.05, 4.69) is 14.9 Å². The second kappa shape index (κ2) is 8.31. The molecule has 162 valence electrons. The molecule has 30 heavy (non-hydrogen) atoms. The largest absolute Gasteiger partial charge is 0.480 e. The van der Waals surface area contributed by atoms with Crippen molar-refractivity contribution in [1.29, 1.82) is 0 Å². The molecule has 1 spiro atoms. The van der Waals surface area contributed by atoms with Gasteiger partial charge in [-0.25, -0.2) is 15.0 Å². The monoisotopic (exact) mass is 414 g/mol. The van der Waals surface area contributed by atoms with Crippen molar-refractivity contribution in [3.8, 4) is 23.1 Å². The first-order valence-electron chi connectivity index (χ1n) is 10.5. The highest BCUT2D eigenvalue weighted by Crippen LogP contribution is 2.46. The molecule has 0 amide bonds. The van der Waals surface area contributed by atoms with Gasteiger partial charge in [-0.1, -0.05) is 6.42 Å². The van der Waals surface area contributed by atoms with Gasteiger partial charge in [0.1, 0.15) is 5.69 Å². The number of aliphatic hydroxyl groups is 1. The predicted octanol–water partition coefficient (Wildman–Crippen LogP) is 1.85. The topological polar surface area (TPSA) is 120 Å². The van der Waals surface area contributed by atoms with Crippen molar-refractivity contribution >= 4 is 5.82 Å². The van der Waals surface area contributed by atoms with Gasteiger partial charge in [0.15, 0.2) is 5.82 Å². The van der Waals surface area contributed by atoms with Gasteiger partial charge in [0.05, 0.1) is 37.8 Å². The molecule has 1 aliphatic heterocycles. The highest BCUT2D eigenvalue weighted by molar-refractivity contribution is 5.68. The first kappa shape index (κ1) is 20.7. The fraction of sp³-hybridized carbons (Fsp3) is 0.619. The molecule has 2 aromatic rings. The number of methoxy groups -OCH3 is 2. The summed E-state index contributed by atoms with van der Waals surface area (Å²) in [5.41, 5.74) is 9.16. The smallest absolute Gasteiger partial charge is 0.319 e. The van der Waals surface area contributed by atoms with E-state index in [1.807, 2.05) is 6.92 Å². The molecule has 4 rings (SSSR count). The molecule has 0 aromatic carbocycles. The molecule has 0 unspecified atom stereocenters. The molecule has 9 heteroatoms. The number of aliphatic hydroxyl groups excluding tert-OH is 1. The number of hydrogen-bond acceptors (Lipinski definition) is 9. The molecule has 1 saturated heterocycles. The quantitative estimate of drug-likeness (QED) is 0.755. The molecule has 1 saturated carbocycles. The van der Waals surface area contributed by atoms with E-state index in [9.17, 15) is 5.11 Å². The highest BCUT2D eigenvalue weighted by Gasteiger charge is 2.43. The van der Waals surface area contributed by atoms with Crippen molar-refractivity contribution in [3.05, 3.63) is 17.6 Å². The van der Waals surface area contributed by atoms with Crippen LogP contribution >= 0.6 is 0 Å². The van der Waals surface area contributed by atoms with Gasteiger partial charge in [-0.15, -0.1) is 0 Å². The average molecular weight is 415 g/mol. The molecule has 3 heterocycles. The minimum atomic E-state index is -0.198. The Labute approximate surface area is 176 Å². The molecule has 0 radical (unpaired) electrons.